The molecule has 1 aromatic heterocycles. The first kappa shape index (κ1) is 13.6. The number of furan rings is 1. The number of rotatable bonds is 6. The number of aryl methyl sites for hydroxylation is 1. The molecule has 0 bridgehead atoms. The van der Waals surface area contributed by atoms with Gasteiger partial charge in [-0.15, -0.1) is 0 Å². The highest BCUT2D eigenvalue weighted by atomic mass is 19.1. The summed E-state index contributed by atoms with van der Waals surface area (Å²) in [6.45, 7) is 4.47. The summed E-state index contributed by atoms with van der Waals surface area (Å²) in [4.78, 5) is 2.20. The lowest BCUT2D eigenvalue weighted by Gasteiger charge is -2.17. The Hall–Kier alpha value is -1.81. The maximum Gasteiger partial charge on any atom is 0.125 e. The van der Waals surface area contributed by atoms with Gasteiger partial charge in [0, 0.05) is 30.9 Å². The number of hydrogen-bond donors (Lipinski definition) is 1. The molecule has 3 nitrogen and oxygen atoms in total. The first-order chi connectivity index (χ1) is 9.15. The van der Waals surface area contributed by atoms with Crippen LogP contribution >= 0.6 is 0 Å². The van der Waals surface area contributed by atoms with Crippen molar-refractivity contribution in [3.8, 4) is 0 Å². The van der Waals surface area contributed by atoms with Gasteiger partial charge in [-0.25, -0.2) is 4.39 Å². The van der Waals surface area contributed by atoms with Crippen LogP contribution < -0.4 is 5.32 Å². The molecule has 0 unspecified atom stereocenters. The third-order valence-electron chi connectivity index (χ3n) is 3.05. The van der Waals surface area contributed by atoms with Crippen molar-refractivity contribution in [1.82, 2.24) is 4.90 Å². The fourth-order valence-electron chi connectivity index (χ4n) is 1.93. The fourth-order valence-corrected chi connectivity index (χ4v) is 1.93. The van der Waals surface area contributed by atoms with E-state index >= 15 is 0 Å². The number of nitrogens with zero attached hydrogens (tertiary/aromatic N) is 1. The Bertz CT molecular complexity index is 524. The Labute approximate surface area is 113 Å². The van der Waals surface area contributed by atoms with Gasteiger partial charge >= 0.3 is 0 Å². The van der Waals surface area contributed by atoms with E-state index in [2.05, 4.69) is 17.3 Å². The number of hydrogen-bond acceptors (Lipinski definition) is 3. The molecule has 0 radical (unpaired) electrons. The zero-order valence-corrected chi connectivity index (χ0v) is 11.3. The minimum atomic E-state index is -0.215. The molecule has 0 amide bonds. The molecule has 0 saturated carbocycles. The van der Waals surface area contributed by atoms with E-state index in [4.69, 9.17) is 4.42 Å². The SMILES string of the molecule is Cc1occc1CN(C)CCNc1cccc(F)c1. The number of likely N-dealkylation sites (N-methyl/N-ethyl adjacent to an activating group) is 1. The second kappa shape index (κ2) is 6.38. The van der Waals surface area contributed by atoms with Crippen LogP contribution in [0.2, 0.25) is 0 Å². The summed E-state index contributed by atoms with van der Waals surface area (Å²) < 4.78 is 18.3. The Kier molecular flexibility index (Phi) is 4.58. The van der Waals surface area contributed by atoms with Crippen LogP contribution in [-0.4, -0.2) is 25.0 Å². The van der Waals surface area contributed by atoms with Gasteiger partial charge in [0.1, 0.15) is 11.6 Å². The fraction of sp³-hybridized carbons (Fsp3) is 0.333. The van der Waals surface area contributed by atoms with Crippen molar-refractivity contribution in [3.63, 3.8) is 0 Å². The minimum Gasteiger partial charge on any atom is -0.469 e. The molecule has 1 aromatic carbocycles. The molecule has 2 rings (SSSR count). The predicted molar refractivity (Wildman–Crippen MR) is 74.7 cm³/mol. The average Bonchev–Trinajstić information content (AvgIpc) is 2.75. The normalized spacial score (nSPS) is 10.9. The molecule has 102 valence electrons. The van der Waals surface area contributed by atoms with Crippen LogP contribution in [0.25, 0.3) is 0 Å². The Morgan fingerprint density at radius 2 is 2.16 bits per heavy atom. The van der Waals surface area contributed by atoms with Gasteiger partial charge in [0.25, 0.3) is 0 Å². The topological polar surface area (TPSA) is 28.4 Å². The predicted octanol–water partition coefficient (Wildman–Crippen LogP) is 3.27. The standard InChI is InChI=1S/C15H19FN2O/c1-12-13(6-9-19-12)11-18(2)8-7-17-15-5-3-4-14(16)10-15/h3-6,9-10,17H,7-8,11H2,1-2H3. The van der Waals surface area contributed by atoms with Crippen LogP contribution in [0.15, 0.2) is 41.0 Å². The highest BCUT2D eigenvalue weighted by Gasteiger charge is 2.05. The Morgan fingerprint density at radius 1 is 1.32 bits per heavy atom. The lowest BCUT2D eigenvalue weighted by Crippen LogP contribution is -2.24. The lowest BCUT2D eigenvalue weighted by molar-refractivity contribution is 0.337. The molecule has 0 aliphatic carbocycles. The van der Waals surface area contributed by atoms with Gasteiger partial charge < -0.3 is 14.6 Å². The molecule has 0 fully saturated rings. The molecule has 1 heterocycles. The molecular formula is C15H19FN2O. The molecule has 1 N–H and O–H groups in total. The second-order valence-electron chi connectivity index (χ2n) is 4.68. The zero-order chi connectivity index (χ0) is 13.7. The van der Waals surface area contributed by atoms with Crippen LogP contribution in [0.1, 0.15) is 11.3 Å². The van der Waals surface area contributed by atoms with E-state index in [1.165, 1.54) is 17.7 Å². The molecule has 0 aliphatic heterocycles. The highest BCUT2D eigenvalue weighted by molar-refractivity contribution is 5.42. The van der Waals surface area contributed by atoms with E-state index in [1.54, 1.807) is 12.3 Å². The van der Waals surface area contributed by atoms with Crippen LogP contribution in [0, 0.1) is 12.7 Å². The summed E-state index contributed by atoms with van der Waals surface area (Å²) in [5, 5.41) is 3.21. The molecule has 2 aromatic rings. The van der Waals surface area contributed by atoms with Gasteiger partial charge in [-0.2, -0.15) is 0 Å². The van der Waals surface area contributed by atoms with E-state index in [9.17, 15) is 4.39 Å². The van der Waals surface area contributed by atoms with Crippen LogP contribution in [-0.2, 0) is 6.54 Å². The third-order valence-corrected chi connectivity index (χ3v) is 3.05. The first-order valence-electron chi connectivity index (χ1n) is 6.36. The van der Waals surface area contributed by atoms with Crippen molar-refractivity contribution in [2.75, 3.05) is 25.5 Å². The summed E-state index contributed by atoms with van der Waals surface area (Å²) >= 11 is 0. The molecule has 0 aliphatic rings. The van der Waals surface area contributed by atoms with Gasteiger partial charge in [-0.05, 0) is 38.2 Å². The molecular weight excluding hydrogens is 243 g/mol. The number of benzene rings is 1. The second-order valence-corrected chi connectivity index (χ2v) is 4.68. The van der Waals surface area contributed by atoms with Crippen LogP contribution in [0.3, 0.4) is 0 Å². The maximum absolute atomic E-state index is 13.0. The summed E-state index contributed by atoms with van der Waals surface area (Å²) in [6, 6.07) is 8.50. The molecule has 0 spiro atoms. The third kappa shape index (κ3) is 4.10. The summed E-state index contributed by atoms with van der Waals surface area (Å²) in [5.74, 6) is 0.748. The largest absolute Gasteiger partial charge is 0.469 e. The number of anilines is 1. The van der Waals surface area contributed by atoms with Crippen molar-refractivity contribution in [1.29, 1.82) is 0 Å². The summed E-state index contributed by atoms with van der Waals surface area (Å²) in [6.07, 6.45) is 1.71. The summed E-state index contributed by atoms with van der Waals surface area (Å²) in [7, 11) is 2.06. The highest BCUT2D eigenvalue weighted by Crippen LogP contribution is 2.11. The Morgan fingerprint density at radius 3 is 2.84 bits per heavy atom. The monoisotopic (exact) mass is 262 g/mol. The van der Waals surface area contributed by atoms with Gasteiger partial charge in [-0.1, -0.05) is 6.07 Å². The van der Waals surface area contributed by atoms with Crippen LogP contribution in [0.4, 0.5) is 10.1 Å². The molecule has 0 saturated heterocycles. The minimum absolute atomic E-state index is 0.215. The van der Waals surface area contributed by atoms with Gasteiger partial charge in [0.05, 0.1) is 6.26 Å². The van der Waals surface area contributed by atoms with Gasteiger partial charge in [-0.3, -0.25) is 0 Å². The lowest BCUT2D eigenvalue weighted by atomic mass is 10.2. The van der Waals surface area contributed by atoms with Crippen molar-refractivity contribution >= 4 is 5.69 Å². The number of nitrogens with one attached hydrogen (secondary N) is 1. The zero-order valence-electron chi connectivity index (χ0n) is 11.3. The van der Waals surface area contributed by atoms with Crippen molar-refractivity contribution < 1.29 is 8.81 Å². The Balaban J connectivity index is 1.75. The van der Waals surface area contributed by atoms with Crippen LogP contribution in [0.5, 0.6) is 0 Å². The van der Waals surface area contributed by atoms with E-state index in [-0.39, 0.29) is 5.82 Å². The maximum atomic E-state index is 13.0. The average molecular weight is 262 g/mol. The number of halogens is 1. The van der Waals surface area contributed by atoms with E-state index in [0.29, 0.717) is 0 Å². The smallest absolute Gasteiger partial charge is 0.125 e. The van der Waals surface area contributed by atoms with E-state index < -0.39 is 0 Å². The molecule has 0 atom stereocenters. The molecule has 4 heteroatoms. The first-order valence-corrected chi connectivity index (χ1v) is 6.36. The van der Waals surface area contributed by atoms with Crippen molar-refractivity contribution in [2.24, 2.45) is 0 Å². The van der Waals surface area contributed by atoms with E-state index in [0.717, 1.165) is 31.1 Å². The van der Waals surface area contributed by atoms with Gasteiger partial charge in [0.15, 0.2) is 0 Å². The van der Waals surface area contributed by atoms with E-state index in [1.807, 2.05) is 19.1 Å². The van der Waals surface area contributed by atoms with Gasteiger partial charge in [0.2, 0.25) is 0 Å². The van der Waals surface area contributed by atoms with Crippen molar-refractivity contribution in [3.05, 3.63) is 53.7 Å². The van der Waals surface area contributed by atoms with Crippen molar-refractivity contribution in [2.45, 2.75) is 13.5 Å². The summed E-state index contributed by atoms with van der Waals surface area (Å²) in [5.41, 5.74) is 2.01. The quantitative estimate of drug-likeness (QED) is 0.866. The molecule has 19 heavy (non-hydrogen) atoms.